The number of benzene rings is 1. The zero-order valence-corrected chi connectivity index (χ0v) is 13.6. The highest BCUT2D eigenvalue weighted by Crippen LogP contribution is 2.26. The minimum atomic E-state index is 0. The average molecular weight is 325 g/mol. The third kappa shape index (κ3) is 4.97. The second kappa shape index (κ2) is 8.51. The van der Waals surface area contributed by atoms with Crippen LogP contribution in [0, 0.1) is 0 Å². The molecule has 1 amide bonds. The van der Waals surface area contributed by atoms with Gasteiger partial charge in [0, 0.05) is 18.1 Å². The summed E-state index contributed by atoms with van der Waals surface area (Å²) in [7, 11) is 0. The molecule has 3 rings (SSSR count). The maximum atomic E-state index is 11.9. The molecule has 1 aromatic rings. The molecule has 0 saturated carbocycles. The minimum absolute atomic E-state index is 0. The summed E-state index contributed by atoms with van der Waals surface area (Å²) in [5.41, 5.74) is 1.24. The Morgan fingerprint density at radius 1 is 1.18 bits per heavy atom. The van der Waals surface area contributed by atoms with E-state index in [0.29, 0.717) is 24.7 Å². The van der Waals surface area contributed by atoms with Gasteiger partial charge in [0.15, 0.2) is 0 Å². The van der Waals surface area contributed by atoms with Gasteiger partial charge >= 0.3 is 0 Å². The van der Waals surface area contributed by atoms with Gasteiger partial charge in [-0.25, -0.2) is 0 Å². The van der Waals surface area contributed by atoms with Crippen LogP contribution in [0.15, 0.2) is 30.3 Å². The third-order valence-electron chi connectivity index (χ3n) is 4.45. The molecule has 2 heterocycles. The Balaban J connectivity index is 0.00000176. The lowest BCUT2D eigenvalue weighted by atomic mass is 10.00. The molecule has 22 heavy (non-hydrogen) atoms. The Morgan fingerprint density at radius 3 is 2.55 bits per heavy atom. The van der Waals surface area contributed by atoms with E-state index in [1.165, 1.54) is 18.4 Å². The first-order valence-corrected chi connectivity index (χ1v) is 7.96. The van der Waals surface area contributed by atoms with E-state index in [1.807, 2.05) is 18.2 Å². The van der Waals surface area contributed by atoms with E-state index in [4.69, 9.17) is 4.74 Å². The Bertz CT molecular complexity index is 457. The average Bonchev–Trinajstić information content (AvgIpc) is 2.84. The summed E-state index contributed by atoms with van der Waals surface area (Å²) >= 11 is 0. The molecule has 0 aliphatic carbocycles. The molecule has 2 bridgehead atoms. The van der Waals surface area contributed by atoms with Gasteiger partial charge in [0.1, 0.15) is 6.61 Å². The summed E-state index contributed by atoms with van der Waals surface area (Å²) in [4.78, 5) is 11.9. The number of piperidine rings is 1. The highest BCUT2D eigenvalue weighted by atomic mass is 35.5. The first-order valence-electron chi connectivity index (χ1n) is 7.96. The largest absolute Gasteiger partial charge is 0.371 e. The molecule has 0 spiro atoms. The summed E-state index contributed by atoms with van der Waals surface area (Å²) < 4.78 is 5.48. The molecule has 2 N–H and O–H groups in total. The minimum Gasteiger partial charge on any atom is -0.371 e. The number of rotatable bonds is 6. The fourth-order valence-corrected chi connectivity index (χ4v) is 3.44. The first kappa shape index (κ1) is 17.3. The van der Waals surface area contributed by atoms with E-state index in [-0.39, 0.29) is 24.9 Å². The second-order valence-corrected chi connectivity index (χ2v) is 6.16. The summed E-state index contributed by atoms with van der Waals surface area (Å²) in [5, 5.41) is 6.70. The molecule has 2 aliphatic rings. The topological polar surface area (TPSA) is 50.4 Å². The third-order valence-corrected chi connectivity index (χ3v) is 4.45. The van der Waals surface area contributed by atoms with Crippen molar-refractivity contribution >= 4 is 18.3 Å². The maximum Gasteiger partial charge on any atom is 0.246 e. The van der Waals surface area contributed by atoms with Crippen LogP contribution in [0.2, 0.25) is 0 Å². The number of hydrogen-bond donors (Lipinski definition) is 2. The lowest BCUT2D eigenvalue weighted by Gasteiger charge is -2.29. The number of hydrogen-bond acceptors (Lipinski definition) is 3. The highest BCUT2D eigenvalue weighted by Gasteiger charge is 2.33. The zero-order valence-electron chi connectivity index (χ0n) is 12.8. The Labute approximate surface area is 138 Å². The first-order chi connectivity index (χ1) is 10.3. The molecular formula is C17H25ClN2O2. The fourth-order valence-electron chi connectivity index (χ4n) is 3.44. The van der Waals surface area contributed by atoms with Crippen LogP contribution in [0.1, 0.15) is 31.2 Å². The van der Waals surface area contributed by atoms with Crippen molar-refractivity contribution in [1.82, 2.24) is 10.6 Å². The Morgan fingerprint density at radius 2 is 1.86 bits per heavy atom. The standard InChI is InChI=1S/C17H24N2O2.ClH/c20-17(12-21-9-8-13-4-2-1-3-5-13)19-16-10-14-6-7-15(11-16)18-14;/h1-5,14-16,18H,6-12H2,(H,19,20);1H. The normalized spacial score (nSPS) is 26.3. The molecule has 122 valence electrons. The van der Waals surface area contributed by atoms with Gasteiger partial charge in [-0.1, -0.05) is 30.3 Å². The van der Waals surface area contributed by atoms with Crippen LogP contribution in [-0.4, -0.2) is 37.2 Å². The number of carbonyl (C=O) groups excluding carboxylic acids is 1. The van der Waals surface area contributed by atoms with E-state index in [0.717, 1.165) is 19.3 Å². The van der Waals surface area contributed by atoms with Crippen LogP contribution in [0.4, 0.5) is 0 Å². The van der Waals surface area contributed by atoms with Gasteiger partial charge in [-0.2, -0.15) is 0 Å². The molecule has 2 unspecified atom stereocenters. The van der Waals surface area contributed by atoms with Crippen LogP contribution in [0.5, 0.6) is 0 Å². The lowest BCUT2D eigenvalue weighted by molar-refractivity contribution is -0.126. The number of ether oxygens (including phenoxy) is 1. The van der Waals surface area contributed by atoms with Crippen LogP contribution in [-0.2, 0) is 16.0 Å². The van der Waals surface area contributed by atoms with Gasteiger partial charge in [0.05, 0.1) is 6.61 Å². The van der Waals surface area contributed by atoms with Gasteiger partial charge in [0.25, 0.3) is 0 Å². The van der Waals surface area contributed by atoms with Crippen molar-refractivity contribution < 1.29 is 9.53 Å². The van der Waals surface area contributed by atoms with Crippen molar-refractivity contribution in [2.75, 3.05) is 13.2 Å². The number of nitrogens with one attached hydrogen (secondary N) is 2. The van der Waals surface area contributed by atoms with Crippen LogP contribution in [0.3, 0.4) is 0 Å². The predicted molar refractivity (Wildman–Crippen MR) is 89.3 cm³/mol. The van der Waals surface area contributed by atoms with Crippen molar-refractivity contribution in [3.63, 3.8) is 0 Å². The Kier molecular flexibility index (Phi) is 6.68. The van der Waals surface area contributed by atoms with E-state index in [9.17, 15) is 4.79 Å². The van der Waals surface area contributed by atoms with Crippen molar-refractivity contribution in [2.24, 2.45) is 0 Å². The van der Waals surface area contributed by atoms with Gasteiger partial charge < -0.3 is 15.4 Å². The molecule has 4 nitrogen and oxygen atoms in total. The number of amides is 1. The van der Waals surface area contributed by atoms with Crippen LogP contribution in [0.25, 0.3) is 0 Å². The summed E-state index contributed by atoms with van der Waals surface area (Å²) in [6.07, 6.45) is 5.49. The smallest absolute Gasteiger partial charge is 0.246 e. The number of fused-ring (bicyclic) bond motifs is 2. The van der Waals surface area contributed by atoms with Gasteiger partial charge in [-0.3, -0.25) is 4.79 Å². The number of halogens is 1. The Hall–Kier alpha value is -1.10. The summed E-state index contributed by atoms with van der Waals surface area (Å²) in [6.45, 7) is 0.765. The second-order valence-electron chi connectivity index (χ2n) is 6.16. The quantitative estimate of drug-likeness (QED) is 0.788. The van der Waals surface area contributed by atoms with Gasteiger partial charge in [0.2, 0.25) is 5.91 Å². The van der Waals surface area contributed by atoms with Gasteiger partial charge in [-0.15, -0.1) is 12.4 Å². The van der Waals surface area contributed by atoms with Crippen molar-refractivity contribution in [2.45, 2.75) is 50.2 Å². The highest BCUT2D eigenvalue weighted by molar-refractivity contribution is 5.85. The van der Waals surface area contributed by atoms with E-state index in [1.54, 1.807) is 0 Å². The van der Waals surface area contributed by atoms with Crippen molar-refractivity contribution in [1.29, 1.82) is 0 Å². The van der Waals surface area contributed by atoms with E-state index < -0.39 is 0 Å². The lowest BCUT2D eigenvalue weighted by Crippen LogP contribution is -2.48. The molecule has 0 radical (unpaired) electrons. The fraction of sp³-hybridized carbons (Fsp3) is 0.588. The van der Waals surface area contributed by atoms with Gasteiger partial charge in [-0.05, 0) is 37.7 Å². The molecule has 2 aliphatic heterocycles. The van der Waals surface area contributed by atoms with Crippen molar-refractivity contribution in [3.8, 4) is 0 Å². The van der Waals surface area contributed by atoms with Crippen LogP contribution < -0.4 is 10.6 Å². The summed E-state index contributed by atoms with van der Waals surface area (Å²) in [6, 6.07) is 11.7. The number of carbonyl (C=O) groups is 1. The summed E-state index contributed by atoms with van der Waals surface area (Å²) in [5.74, 6) is 0.0226. The molecular weight excluding hydrogens is 300 g/mol. The molecule has 1 aromatic carbocycles. The monoisotopic (exact) mass is 324 g/mol. The maximum absolute atomic E-state index is 11.9. The van der Waals surface area contributed by atoms with Crippen molar-refractivity contribution in [3.05, 3.63) is 35.9 Å². The molecule has 0 aromatic heterocycles. The molecule has 2 atom stereocenters. The molecule has 2 saturated heterocycles. The van der Waals surface area contributed by atoms with E-state index >= 15 is 0 Å². The predicted octanol–water partition coefficient (Wildman–Crippen LogP) is 2.07. The molecule has 5 heteroatoms. The SMILES string of the molecule is Cl.O=C(COCCc1ccccc1)NC1CC2CCC(C1)N2. The zero-order chi connectivity index (χ0) is 14.5. The van der Waals surface area contributed by atoms with E-state index in [2.05, 4.69) is 22.8 Å². The van der Waals surface area contributed by atoms with Crippen LogP contribution >= 0.6 is 12.4 Å². The molecule has 2 fully saturated rings.